The van der Waals surface area contributed by atoms with Gasteiger partial charge in [-0.3, -0.25) is 4.79 Å². The molecule has 0 bridgehead atoms. The summed E-state index contributed by atoms with van der Waals surface area (Å²) in [5.41, 5.74) is 3.69. The number of benzene rings is 2. The van der Waals surface area contributed by atoms with Crippen molar-refractivity contribution >= 4 is 34.4 Å². The lowest BCUT2D eigenvalue weighted by molar-refractivity contribution is -0.113. The number of nitrogens with zero attached hydrogens (tertiary/aromatic N) is 2. The van der Waals surface area contributed by atoms with Crippen LogP contribution < -0.4 is 10.1 Å². The van der Waals surface area contributed by atoms with Gasteiger partial charge in [-0.2, -0.15) is 0 Å². The fourth-order valence-corrected chi connectivity index (χ4v) is 3.64. The summed E-state index contributed by atoms with van der Waals surface area (Å²) in [6, 6.07) is 13.6. The average molecular weight is 385 g/mol. The number of amides is 1. The third-order valence-electron chi connectivity index (χ3n) is 4.10. The van der Waals surface area contributed by atoms with Crippen LogP contribution in [0.5, 0.6) is 5.75 Å². The molecule has 1 aromatic heterocycles. The number of fused-ring (bicyclic) bond motifs is 1. The quantitative estimate of drug-likeness (QED) is 0.599. The Hall–Kier alpha value is -2.51. The number of aryl methyl sites for hydroxylation is 1. The molecule has 27 heavy (non-hydrogen) atoms. The molecule has 0 aliphatic heterocycles. The summed E-state index contributed by atoms with van der Waals surface area (Å²) in [6.45, 7) is 3.25. The number of ether oxygens (including phenoxy) is 2. The largest absolute Gasteiger partial charge is 0.495 e. The Balaban J connectivity index is 1.73. The molecule has 3 rings (SSSR count). The normalized spacial score (nSPS) is 10.9. The number of thioether (sulfide) groups is 1. The number of para-hydroxylation sites is 2. The molecule has 1 N–H and O–H groups in total. The van der Waals surface area contributed by atoms with Crippen LogP contribution in [0.25, 0.3) is 11.0 Å². The molecule has 2 aromatic carbocycles. The Bertz CT molecular complexity index is 939. The van der Waals surface area contributed by atoms with E-state index in [2.05, 4.69) is 14.9 Å². The lowest BCUT2D eigenvalue weighted by Gasteiger charge is -2.11. The zero-order valence-electron chi connectivity index (χ0n) is 15.7. The highest BCUT2D eigenvalue weighted by atomic mass is 32.2. The van der Waals surface area contributed by atoms with E-state index in [1.807, 2.05) is 49.4 Å². The Morgan fingerprint density at radius 1 is 1.22 bits per heavy atom. The number of carbonyl (C=O) groups is 1. The van der Waals surface area contributed by atoms with Crippen molar-refractivity contribution in [2.75, 3.05) is 31.9 Å². The van der Waals surface area contributed by atoms with Gasteiger partial charge in [-0.25, -0.2) is 4.98 Å². The van der Waals surface area contributed by atoms with Gasteiger partial charge in [0.2, 0.25) is 5.91 Å². The van der Waals surface area contributed by atoms with Gasteiger partial charge < -0.3 is 19.4 Å². The first-order valence-electron chi connectivity index (χ1n) is 8.64. The third kappa shape index (κ3) is 4.61. The molecule has 142 valence electrons. The molecule has 3 aromatic rings. The monoisotopic (exact) mass is 385 g/mol. The zero-order valence-corrected chi connectivity index (χ0v) is 16.5. The van der Waals surface area contributed by atoms with E-state index in [1.165, 1.54) is 11.8 Å². The molecule has 1 heterocycles. The number of aromatic nitrogens is 2. The Morgan fingerprint density at radius 3 is 2.81 bits per heavy atom. The maximum Gasteiger partial charge on any atom is 0.234 e. The number of anilines is 1. The zero-order chi connectivity index (χ0) is 19.2. The summed E-state index contributed by atoms with van der Waals surface area (Å²) in [5.74, 6) is 0.799. The van der Waals surface area contributed by atoms with Crippen LogP contribution in [0.15, 0.2) is 47.6 Å². The molecule has 6 nitrogen and oxygen atoms in total. The Kier molecular flexibility index (Phi) is 6.36. The fraction of sp³-hybridized carbons (Fsp3) is 0.300. The molecule has 1 amide bonds. The molecule has 0 aliphatic rings. The number of nitrogens with one attached hydrogen (secondary N) is 1. The molecule has 0 radical (unpaired) electrons. The average Bonchev–Trinajstić information content (AvgIpc) is 3.02. The van der Waals surface area contributed by atoms with E-state index in [9.17, 15) is 4.79 Å². The number of hydrogen-bond donors (Lipinski definition) is 1. The first-order chi connectivity index (χ1) is 13.1. The maximum atomic E-state index is 12.5. The molecule has 0 fully saturated rings. The molecule has 0 saturated carbocycles. The molecule has 0 unspecified atom stereocenters. The van der Waals surface area contributed by atoms with Crippen LogP contribution in [0.4, 0.5) is 5.69 Å². The van der Waals surface area contributed by atoms with E-state index >= 15 is 0 Å². The lowest BCUT2D eigenvalue weighted by atomic mass is 10.2. The van der Waals surface area contributed by atoms with E-state index in [0.29, 0.717) is 24.6 Å². The summed E-state index contributed by atoms with van der Waals surface area (Å²) >= 11 is 1.41. The minimum Gasteiger partial charge on any atom is -0.495 e. The standard InChI is InChI=1S/C20H23N3O3S/c1-14-8-9-18(26-3)16(12-14)21-19(24)13-27-20-22-15-6-4-5-7-17(15)23(20)10-11-25-2/h4-9,12H,10-11,13H2,1-3H3,(H,21,24). The van der Waals surface area contributed by atoms with Crippen LogP contribution in [0.2, 0.25) is 0 Å². The van der Waals surface area contributed by atoms with E-state index in [0.717, 1.165) is 21.8 Å². The predicted molar refractivity (Wildman–Crippen MR) is 109 cm³/mol. The molecule has 0 spiro atoms. The van der Waals surface area contributed by atoms with Crippen molar-refractivity contribution in [3.63, 3.8) is 0 Å². The Labute approximate surface area is 162 Å². The van der Waals surface area contributed by atoms with Gasteiger partial charge in [0, 0.05) is 13.7 Å². The maximum absolute atomic E-state index is 12.5. The van der Waals surface area contributed by atoms with Crippen molar-refractivity contribution in [1.29, 1.82) is 0 Å². The van der Waals surface area contributed by atoms with Gasteiger partial charge in [0.05, 0.1) is 36.2 Å². The van der Waals surface area contributed by atoms with Crippen LogP contribution in [0, 0.1) is 6.92 Å². The first-order valence-corrected chi connectivity index (χ1v) is 9.62. The van der Waals surface area contributed by atoms with Crippen molar-refractivity contribution < 1.29 is 14.3 Å². The van der Waals surface area contributed by atoms with Crippen LogP contribution in [0.1, 0.15) is 5.56 Å². The summed E-state index contributed by atoms with van der Waals surface area (Å²) < 4.78 is 12.6. The summed E-state index contributed by atoms with van der Waals surface area (Å²) in [4.78, 5) is 17.1. The minimum absolute atomic E-state index is 0.103. The van der Waals surface area contributed by atoms with E-state index in [4.69, 9.17) is 9.47 Å². The highest BCUT2D eigenvalue weighted by molar-refractivity contribution is 7.99. The topological polar surface area (TPSA) is 65.4 Å². The van der Waals surface area contributed by atoms with Gasteiger partial charge in [0.1, 0.15) is 5.75 Å². The van der Waals surface area contributed by atoms with E-state index in [1.54, 1.807) is 14.2 Å². The van der Waals surface area contributed by atoms with Crippen LogP contribution in [-0.2, 0) is 16.1 Å². The summed E-state index contributed by atoms with van der Waals surface area (Å²) in [7, 11) is 3.27. The van der Waals surface area contributed by atoms with E-state index < -0.39 is 0 Å². The number of imidazole rings is 1. The van der Waals surface area contributed by atoms with Gasteiger partial charge >= 0.3 is 0 Å². The van der Waals surface area contributed by atoms with Gasteiger partial charge in [-0.05, 0) is 36.8 Å². The highest BCUT2D eigenvalue weighted by Gasteiger charge is 2.14. The number of methoxy groups -OCH3 is 2. The highest BCUT2D eigenvalue weighted by Crippen LogP contribution is 2.27. The smallest absolute Gasteiger partial charge is 0.234 e. The van der Waals surface area contributed by atoms with Crippen molar-refractivity contribution in [1.82, 2.24) is 9.55 Å². The van der Waals surface area contributed by atoms with Gasteiger partial charge in [0.25, 0.3) is 0 Å². The van der Waals surface area contributed by atoms with Gasteiger partial charge in [0.15, 0.2) is 5.16 Å². The minimum atomic E-state index is -0.103. The lowest BCUT2D eigenvalue weighted by Crippen LogP contribution is -2.15. The van der Waals surface area contributed by atoms with Crippen molar-refractivity contribution in [3.8, 4) is 5.75 Å². The number of carbonyl (C=O) groups excluding carboxylic acids is 1. The van der Waals surface area contributed by atoms with Crippen LogP contribution >= 0.6 is 11.8 Å². The SMILES string of the molecule is COCCn1c(SCC(=O)Nc2cc(C)ccc2OC)nc2ccccc21. The molecular formula is C20H23N3O3S. The first kappa shape index (κ1) is 19.3. The molecular weight excluding hydrogens is 362 g/mol. The summed E-state index contributed by atoms with van der Waals surface area (Å²) in [5, 5.41) is 3.73. The van der Waals surface area contributed by atoms with Crippen LogP contribution in [-0.4, -0.2) is 42.0 Å². The van der Waals surface area contributed by atoms with Gasteiger partial charge in [-0.1, -0.05) is 30.0 Å². The summed E-state index contributed by atoms with van der Waals surface area (Å²) in [6.07, 6.45) is 0. The van der Waals surface area contributed by atoms with Crippen molar-refractivity contribution in [2.24, 2.45) is 0 Å². The molecule has 0 atom stereocenters. The van der Waals surface area contributed by atoms with E-state index in [-0.39, 0.29) is 11.7 Å². The van der Waals surface area contributed by atoms with Gasteiger partial charge in [-0.15, -0.1) is 0 Å². The van der Waals surface area contributed by atoms with Crippen molar-refractivity contribution in [3.05, 3.63) is 48.0 Å². The predicted octanol–water partition coefficient (Wildman–Crippen LogP) is 3.73. The second kappa shape index (κ2) is 8.92. The molecule has 0 aliphatic carbocycles. The molecule has 7 heteroatoms. The second-order valence-electron chi connectivity index (χ2n) is 6.07. The molecule has 0 saturated heterocycles. The fourth-order valence-electron chi connectivity index (χ4n) is 2.80. The third-order valence-corrected chi connectivity index (χ3v) is 5.08. The number of rotatable bonds is 8. The second-order valence-corrected chi connectivity index (χ2v) is 7.01. The Morgan fingerprint density at radius 2 is 2.04 bits per heavy atom. The number of hydrogen-bond acceptors (Lipinski definition) is 5. The van der Waals surface area contributed by atoms with Crippen LogP contribution in [0.3, 0.4) is 0 Å². The van der Waals surface area contributed by atoms with Crippen molar-refractivity contribution in [2.45, 2.75) is 18.6 Å².